The first-order chi connectivity index (χ1) is 11.6. The van der Waals surface area contributed by atoms with Crippen molar-refractivity contribution in [1.82, 2.24) is 0 Å². The third-order valence-electron chi connectivity index (χ3n) is 3.80. The van der Waals surface area contributed by atoms with Gasteiger partial charge in [-0.15, -0.1) is 0 Å². The number of anilines is 1. The highest BCUT2D eigenvalue weighted by Gasteiger charge is 2.39. The van der Waals surface area contributed by atoms with Crippen LogP contribution in [0.3, 0.4) is 0 Å². The molecule has 0 aliphatic carbocycles. The molecule has 0 atom stereocenters. The van der Waals surface area contributed by atoms with E-state index in [1.165, 1.54) is 0 Å². The fraction of sp³-hybridized carbons (Fsp3) is 0.0588. The maximum absolute atomic E-state index is 12.8. The Kier molecular flexibility index (Phi) is 3.21. The number of fused-ring (bicyclic) bond motifs is 3. The first kappa shape index (κ1) is 14.6. The average Bonchev–Trinajstić information content (AvgIpc) is 2.94. The average molecular weight is 340 g/mol. The molecular formula is C17H10ClN3O3. The van der Waals surface area contributed by atoms with Crippen LogP contribution in [0.2, 0.25) is 5.02 Å². The number of halogens is 1. The van der Waals surface area contributed by atoms with Gasteiger partial charge in [-0.05, 0) is 42.5 Å². The van der Waals surface area contributed by atoms with Crippen molar-refractivity contribution in [1.29, 1.82) is 0 Å². The van der Waals surface area contributed by atoms with E-state index in [-0.39, 0.29) is 11.4 Å². The normalized spacial score (nSPS) is 15.7. The smallest absolute Gasteiger partial charge is 0.355 e. The van der Waals surface area contributed by atoms with Crippen LogP contribution in [0.25, 0.3) is 0 Å². The standard InChI is InChI=1S/C17H10ClN3O3/c1-24-11-6-7-13-12(8-11)14-15(19-13)16(22)21(17(23)20-14)10-4-2-9(18)3-5-10/h2-8H,1H3. The molecule has 24 heavy (non-hydrogen) atoms. The summed E-state index contributed by atoms with van der Waals surface area (Å²) in [5.74, 6) is 0.0930. The summed E-state index contributed by atoms with van der Waals surface area (Å²) in [5, 5.41) is 0.512. The Morgan fingerprint density at radius 3 is 2.46 bits per heavy atom. The van der Waals surface area contributed by atoms with Gasteiger partial charge in [-0.2, -0.15) is 4.99 Å². The Labute approximate surface area is 142 Å². The van der Waals surface area contributed by atoms with E-state index in [2.05, 4.69) is 9.98 Å². The van der Waals surface area contributed by atoms with Gasteiger partial charge in [0.1, 0.15) is 11.5 Å². The molecule has 118 valence electrons. The second kappa shape index (κ2) is 5.28. The van der Waals surface area contributed by atoms with Gasteiger partial charge in [0.05, 0.1) is 18.5 Å². The molecule has 2 aliphatic rings. The molecule has 0 radical (unpaired) electrons. The van der Waals surface area contributed by atoms with Crippen LogP contribution in [0.4, 0.5) is 16.2 Å². The van der Waals surface area contributed by atoms with Gasteiger partial charge in [0.25, 0.3) is 5.91 Å². The molecule has 0 spiro atoms. The Morgan fingerprint density at radius 2 is 1.75 bits per heavy atom. The number of rotatable bonds is 2. The maximum atomic E-state index is 12.8. The van der Waals surface area contributed by atoms with Crippen LogP contribution in [-0.4, -0.2) is 30.5 Å². The number of amides is 3. The zero-order valence-corrected chi connectivity index (χ0v) is 13.2. The Hall–Kier alpha value is -2.99. The largest absolute Gasteiger partial charge is 0.497 e. The minimum Gasteiger partial charge on any atom is -0.497 e. The predicted octanol–water partition coefficient (Wildman–Crippen LogP) is 3.39. The van der Waals surface area contributed by atoms with Gasteiger partial charge >= 0.3 is 6.03 Å². The molecule has 6 nitrogen and oxygen atoms in total. The molecule has 0 aromatic heterocycles. The number of hydrogen-bond acceptors (Lipinski definition) is 4. The number of nitrogens with zero attached hydrogens (tertiary/aromatic N) is 3. The lowest BCUT2D eigenvalue weighted by Gasteiger charge is -2.22. The molecule has 4 rings (SSSR count). The van der Waals surface area contributed by atoms with Gasteiger partial charge < -0.3 is 4.74 Å². The fourth-order valence-corrected chi connectivity index (χ4v) is 2.77. The van der Waals surface area contributed by atoms with E-state index in [9.17, 15) is 9.59 Å². The Balaban J connectivity index is 1.81. The van der Waals surface area contributed by atoms with Gasteiger partial charge in [0.15, 0.2) is 5.71 Å². The molecule has 2 heterocycles. The van der Waals surface area contributed by atoms with Crippen LogP contribution in [-0.2, 0) is 4.79 Å². The van der Waals surface area contributed by atoms with Crippen LogP contribution in [0, 0.1) is 0 Å². The molecule has 0 fully saturated rings. The van der Waals surface area contributed by atoms with E-state index in [0.717, 1.165) is 4.90 Å². The molecule has 0 saturated carbocycles. The van der Waals surface area contributed by atoms with E-state index < -0.39 is 11.9 Å². The number of carbonyl (C=O) groups excluding carboxylic acids is 2. The monoisotopic (exact) mass is 339 g/mol. The fourth-order valence-electron chi connectivity index (χ4n) is 2.65. The molecule has 2 aliphatic heterocycles. The van der Waals surface area contributed by atoms with Crippen molar-refractivity contribution < 1.29 is 14.3 Å². The number of methoxy groups -OCH3 is 1. The zero-order valence-electron chi connectivity index (χ0n) is 12.5. The van der Waals surface area contributed by atoms with Crippen LogP contribution in [0.15, 0.2) is 52.4 Å². The number of carbonyl (C=O) groups is 2. The van der Waals surface area contributed by atoms with Crippen molar-refractivity contribution in [3.8, 4) is 5.75 Å². The van der Waals surface area contributed by atoms with Crippen LogP contribution >= 0.6 is 11.6 Å². The second-order valence-corrected chi connectivity index (χ2v) is 5.64. The van der Waals surface area contributed by atoms with E-state index in [1.54, 1.807) is 49.6 Å². The lowest BCUT2D eigenvalue weighted by Crippen LogP contribution is -2.46. The molecule has 7 heteroatoms. The van der Waals surface area contributed by atoms with Crippen LogP contribution in [0.5, 0.6) is 5.75 Å². The summed E-state index contributed by atoms with van der Waals surface area (Å²) in [6.07, 6.45) is 0. The minimum atomic E-state index is -0.660. The van der Waals surface area contributed by atoms with E-state index in [1.807, 2.05) is 0 Å². The van der Waals surface area contributed by atoms with Gasteiger partial charge in [-0.25, -0.2) is 14.7 Å². The van der Waals surface area contributed by atoms with Crippen LogP contribution in [0.1, 0.15) is 5.56 Å². The maximum Gasteiger partial charge on any atom is 0.355 e. The van der Waals surface area contributed by atoms with Crippen molar-refractivity contribution in [2.24, 2.45) is 9.98 Å². The van der Waals surface area contributed by atoms with Gasteiger partial charge in [-0.1, -0.05) is 11.6 Å². The van der Waals surface area contributed by atoms with Gasteiger partial charge in [0.2, 0.25) is 0 Å². The Morgan fingerprint density at radius 1 is 1.00 bits per heavy atom. The second-order valence-electron chi connectivity index (χ2n) is 5.20. The SMILES string of the molecule is COc1ccc2c(c1)C1=NC(=O)N(c3ccc(Cl)cc3)C(=O)C1=N2. The predicted molar refractivity (Wildman–Crippen MR) is 91.0 cm³/mol. The highest BCUT2D eigenvalue weighted by Crippen LogP contribution is 2.34. The van der Waals surface area contributed by atoms with Crippen molar-refractivity contribution in [3.63, 3.8) is 0 Å². The molecular weight excluding hydrogens is 330 g/mol. The van der Waals surface area contributed by atoms with E-state index in [4.69, 9.17) is 16.3 Å². The summed E-state index contributed by atoms with van der Waals surface area (Å²) in [5.41, 5.74) is 2.02. The van der Waals surface area contributed by atoms with Crippen LogP contribution < -0.4 is 9.64 Å². The van der Waals surface area contributed by atoms with Crippen molar-refractivity contribution in [2.75, 3.05) is 12.0 Å². The minimum absolute atomic E-state index is 0.146. The van der Waals surface area contributed by atoms with E-state index >= 15 is 0 Å². The molecule has 0 unspecified atom stereocenters. The summed E-state index contributed by atoms with van der Waals surface area (Å²) in [6, 6.07) is 10.9. The summed E-state index contributed by atoms with van der Waals surface area (Å²) in [4.78, 5) is 34.5. The highest BCUT2D eigenvalue weighted by molar-refractivity contribution is 6.77. The molecule has 2 aromatic carbocycles. The van der Waals surface area contributed by atoms with Gasteiger partial charge in [-0.3, -0.25) is 4.79 Å². The summed E-state index contributed by atoms with van der Waals surface area (Å²) in [6.45, 7) is 0. The third kappa shape index (κ3) is 2.11. The van der Waals surface area contributed by atoms with Crippen molar-refractivity contribution in [3.05, 3.63) is 53.1 Å². The lowest BCUT2D eigenvalue weighted by molar-refractivity contribution is -0.111. The number of ether oxygens (including phenoxy) is 1. The molecule has 0 N–H and O–H groups in total. The molecule has 0 bridgehead atoms. The molecule has 3 amide bonds. The van der Waals surface area contributed by atoms with Crippen molar-refractivity contribution in [2.45, 2.75) is 0 Å². The molecule has 0 saturated heterocycles. The number of imide groups is 1. The molecule has 2 aromatic rings. The first-order valence-corrected chi connectivity index (χ1v) is 7.46. The lowest BCUT2D eigenvalue weighted by atomic mass is 10.0. The van der Waals surface area contributed by atoms with Gasteiger partial charge in [0, 0.05) is 10.6 Å². The number of benzene rings is 2. The first-order valence-electron chi connectivity index (χ1n) is 7.08. The number of hydrogen-bond donors (Lipinski definition) is 0. The zero-order chi connectivity index (χ0) is 16.8. The highest BCUT2D eigenvalue weighted by atomic mass is 35.5. The quantitative estimate of drug-likeness (QED) is 0.842. The Bertz CT molecular complexity index is 948. The topological polar surface area (TPSA) is 71.3 Å². The van der Waals surface area contributed by atoms with Crippen molar-refractivity contribution >= 4 is 46.3 Å². The number of urea groups is 1. The van der Waals surface area contributed by atoms with E-state index in [0.29, 0.717) is 27.7 Å². The summed E-state index contributed by atoms with van der Waals surface area (Å²) >= 11 is 5.85. The third-order valence-corrected chi connectivity index (χ3v) is 4.06. The number of aliphatic imine (C=N–C) groups is 2. The summed E-state index contributed by atoms with van der Waals surface area (Å²) in [7, 11) is 1.54. The summed E-state index contributed by atoms with van der Waals surface area (Å²) < 4.78 is 5.18.